The van der Waals surface area contributed by atoms with Crippen LogP contribution in [0.2, 0.25) is 0 Å². The predicted molar refractivity (Wildman–Crippen MR) is 103 cm³/mol. The third kappa shape index (κ3) is 3.76. The average Bonchev–Trinajstić information content (AvgIpc) is 3.00. The molecule has 0 aromatic heterocycles. The van der Waals surface area contributed by atoms with Gasteiger partial charge < -0.3 is 9.47 Å². The van der Waals surface area contributed by atoms with Gasteiger partial charge in [0.1, 0.15) is 12.4 Å². The van der Waals surface area contributed by atoms with Gasteiger partial charge in [-0.2, -0.15) is 4.31 Å². The molecule has 0 unspecified atom stereocenters. The van der Waals surface area contributed by atoms with Gasteiger partial charge in [0.25, 0.3) is 11.8 Å². The van der Waals surface area contributed by atoms with Crippen molar-refractivity contribution in [1.82, 2.24) is 9.21 Å². The fraction of sp³-hybridized carbons (Fsp3) is 0.300. The SMILES string of the molecule is O=C1c2ccccc2C(=O)N1CCOc1ccc(S(=O)(=O)N2CCOCC2)cc1. The fourth-order valence-corrected chi connectivity index (χ4v) is 4.75. The summed E-state index contributed by atoms with van der Waals surface area (Å²) < 4.78 is 37.4. The first kappa shape index (κ1) is 19.6. The largest absolute Gasteiger partial charge is 0.492 e. The van der Waals surface area contributed by atoms with Gasteiger partial charge in [-0.15, -0.1) is 0 Å². The van der Waals surface area contributed by atoms with Crippen molar-refractivity contribution < 1.29 is 27.5 Å². The summed E-state index contributed by atoms with van der Waals surface area (Å²) in [5.74, 6) is -0.204. The number of morpholine rings is 1. The Kier molecular flexibility index (Phi) is 5.35. The zero-order valence-corrected chi connectivity index (χ0v) is 16.4. The summed E-state index contributed by atoms with van der Waals surface area (Å²) in [6, 6.07) is 12.8. The smallest absolute Gasteiger partial charge is 0.261 e. The van der Waals surface area contributed by atoms with Crippen LogP contribution in [-0.2, 0) is 14.8 Å². The van der Waals surface area contributed by atoms with Crippen LogP contribution in [0.25, 0.3) is 0 Å². The molecule has 2 aromatic rings. The van der Waals surface area contributed by atoms with Crippen LogP contribution in [0.5, 0.6) is 5.75 Å². The van der Waals surface area contributed by atoms with Crippen molar-refractivity contribution in [3.63, 3.8) is 0 Å². The second kappa shape index (κ2) is 7.94. The number of nitrogens with zero attached hydrogens (tertiary/aromatic N) is 2. The van der Waals surface area contributed by atoms with Crippen LogP contribution in [0.1, 0.15) is 20.7 Å². The number of carbonyl (C=O) groups is 2. The van der Waals surface area contributed by atoms with Crippen LogP contribution in [-0.4, -0.2) is 68.9 Å². The van der Waals surface area contributed by atoms with Gasteiger partial charge in [0.05, 0.1) is 35.8 Å². The summed E-state index contributed by atoms with van der Waals surface area (Å²) in [4.78, 5) is 26.0. The molecule has 1 saturated heterocycles. The monoisotopic (exact) mass is 416 g/mol. The highest BCUT2D eigenvalue weighted by molar-refractivity contribution is 7.89. The van der Waals surface area contributed by atoms with E-state index in [0.717, 1.165) is 4.90 Å². The second-order valence-electron chi connectivity index (χ2n) is 6.64. The molecule has 0 bridgehead atoms. The van der Waals surface area contributed by atoms with E-state index in [2.05, 4.69) is 0 Å². The summed E-state index contributed by atoms with van der Waals surface area (Å²) in [6.45, 7) is 1.67. The van der Waals surface area contributed by atoms with Crippen molar-refractivity contribution in [3.8, 4) is 5.75 Å². The molecular weight excluding hydrogens is 396 g/mol. The third-order valence-electron chi connectivity index (χ3n) is 4.89. The summed E-state index contributed by atoms with van der Waals surface area (Å²) in [7, 11) is -3.56. The molecule has 2 amide bonds. The van der Waals surface area contributed by atoms with Crippen molar-refractivity contribution >= 4 is 21.8 Å². The zero-order valence-electron chi connectivity index (χ0n) is 15.6. The maximum atomic E-state index is 12.6. The van der Waals surface area contributed by atoms with Crippen molar-refractivity contribution in [2.24, 2.45) is 0 Å². The van der Waals surface area contributed by atoms with E-state index in [4.69, 9.17) is 9.47 Å². The van der Waals surface area contributed by atoms with E-state index >= 15 is 0 Å². The quantitative estimate of drug-likeness (QED) is 0.661. The van der Waals surface area contributed by atoms with Gasteiger partial charge in [0, 0.05) is 13.1 Å². The summed E-state index contributed by atoms with van der Waals surface area (Å²) in [6.07, 6.45) is 0. The molecule has 0 aliphatic carbocycles. The number of fused-ring (bicyclic) bond motifs is 1. The molecule has 2 aromatic carbocycles. The topological polar surface area (TPSA) is 93.2 Å². The molecule has 29 heavy (non-hydrogen) atoms. The molecule has 2 aliphatic rings. The Morgan fingerprint density at radius 3 is 2.07 bits per heavy atom. The Labute approximate surface area is 168 Å². The number of hydrogen-bond donors (Lipinski definition) is 0. The second-order valence-corrected chi connectivity index (χ2v) is 8.58. The van der Waals surface area contributed by atoms with Crippen molar-refractivity contribution in [1.29, 1.82) is 0 Å². The van der Waals surface area contributed by atoms with E-state index in [0.29, 0.717) is 43.2 Å². The lowest BCUT2D eigenvalue weighted by atomic mass is 10.1. The van der Waals surface area contributed by atoms with Crippen molar-refractivity contribution in [3.05, 3.63) is 59.7 Å². The van der Waals surface area contributed by atoms with Crippen LogP contribution >= 0.6 is 0 Å². The molecule has 0 spiro atoms. The van der Waals surface area contributed by atoms with Crippen LogP contribution in [0.4, 0.5) is 0 Å². The van der Waals surface area contributed by atoms with Gasteiger partial charge in [-0.25, -0.2) is 8.42 Å². The lowest BCUT2D eigenvalue weighted by molar-refractivity contribution is 0.0631. The van der Waals surface area contributed by atoms with Gasteiger partial charge >= 0.3 is 0 Å². The molecule has 4 rings (SSSR count). The van der Waals surface area contributed by atoms with Gasteiger partial charge in [0.15, 0.2) is 0 Å². The lowest BCUT2D eigenvalue weighted by Gasteiger charge is -2.26. The summed E-state index contributed by atoms with van der Waals surface area (Å²) in [5, 5.41) is 0. The number of benzene rings is 2. The van der Waals surface area contributed by atoms with E-state index in [9.17, 15) is 18.0 Å². The highest BCUT2D eigenvalue weighted by Gasteiger charge is 2.34. The minimum Gasteiger partial charge on any atom is -0.492 e. The third-order valence-corrected chi connectivity index (χ3v) is 6.81. The average molecular weight is 416 g/mol. The minimum absolute atomic E-state index is 0.111. The molecule has 0 atom stereocenters. The first-order chi connectivity index (χ1) is 14.0. The number of sulfonamides is 1. The Morgan fingerprint density at radius 1 is 0.897 bits per heavy atom. The first-order valence-corrected chi connectivity index (χ1v) is 10.7. The van der Waals surface area contributed by atoms with Gasteiger partial charge in [-0.1, -0.05) is 12.1 Å². The Bertz CT molecular complexity index is 994. The molecule has 8 nitrogen and oxygen atoms in total. The molecule has 0 radical (unpaired) electrons. The van der Waals surface area contributed by atoms with Crippen LogP contribution < -0.4 is 4.74 Å². The van der Waals surface area contributed by atoms with E-state index in [1.165, 1.54) is 16.4 Å². The van der Waals surface area contributed by atoms with Gasteiger partial charge in [-0.3, -0.25) is 14.5 Å². The molecule has 2 aliphatic heterocycles. The fourth-order valence-electron chi connectivity index (χ4n) is 3.34. The summed E-state index contributed by atoms with van der Waals surface area (Å²) >= 11 is 0. The molecular formula is C20H20N2O6S. The van der Waals surface area contributed by atoms with Crippen molar-refractivity contribution in [2.45, 2.75) is 4.90 Å². The maximum absolute atomic E-state index is 12.6. The number of ether oxygens (including phenoxy) is 2. The molecule has 2 heterocycles. The summed E-state index contributed by atoms with van der Waals surface area (Å²) in [5.41, 5.74) is 0.797. The number of rotatable bonds is 6. The molecule has 0 N–H and O–H groups in total. The van der Waals surface area contributed by atoms with E-state index in [1.54, 1.807) is 36.4 Å². The standard InChI is InChI=1S/C20H20N2O6S/c23-19-17-3-1-2-4-18(17)20(24)22(19)11-14-28-15-5-7-16(8-6-15)29(25,26)21-9-12-27-13-10-21/h1-8H,9-14H2. The van der Waals surface area contributed by atoms with Gasteiger partial charge in [-0.05, 0) is 36.4 Å². The lowest BCUT2D eigenvalue weighted by Crippen LogP contribution is -2.40. The molecule has 152 valence electrons. The van der Waals surface area contributed by atoms with Crippen LogP contribution in [0.3, 0.4) is 0 Å². The molecule has 9 heteroatoms. The molecule has 1 fully saturated rings. The highest BCUT2D eigenvalue weighted by atomic mass is 32.2. The number of imide groups is 1. The first-order valence-electron chi connectivity index (χ1n) is 9.24. The number of hydrogen-bond acceptors (Lipinski definition) is 6. The highest BCUT2D eigenvalue weighted by Crippen LogP contribution is 2.23. The number of carbonyl (C=O) groups excluding carboxylic acids is 2. The normalized spacial score (nSPS) is 17.4. The van der Waals surface area contributed by atoms with E-state index in [1.807, 2.05) is 0 Å². The molecule has 0 saturated carbocycles. The predicted octanol–water partition coefficient (Wildman–Crippen LogP) is 1.38. The van der Waals surface area contributed by atoms with Crippen molar-refractivity contribution in [2.75, 3.05) is 39.5 Å². The van der Waals surface area contributed by atoms with Crippen LogP contribution in [0.15, 0.2) is 53.4 Å². The number of amides is 2. The van der Waals surface area contributed by atoms with E-state index < -0.39 is 10.0 Å². The van der Waals surface area contributed by atoms with Gasteiger partial charge in [0.2, 0.25) is 10.0 Å². The maximum Gasteiger partial charge on any atom is 0.261 e. The minimum atomic E-state index is -3.56. The van der Waals surface area contributed by atoms with Crippen LogP contribution in [0, 0.1) is 0 Å². The van der Waals surface area contributed by atoms with E-state index in [-0.39, 0.29) is 29.9 Å². The Balaban J connectivity index is 1.36. The Hall–Kier alpha value is -2.75. The Morgan fingerprint density at radius 2 is 1.48 bits per heavy atom. The zero-order chi connectivity index (χ0) is 20.4.